The molecule has 1 heterocycles. The van der Waals surface area contributed by atoms with Crippen LogP contribution in [-0.2, 0) is 6.54 Å². The standard InChI is InChI=1S/C17H24N6O2/c1-5-18-16(24)13-7-8-14(11(3)9-13)22-17(25)21-12(4)15-19-10-20-23(15)6-2/h7-10,12H,5-6H2,1-4H3,(H,18,24)(H2,21,22,25)/t12-/m1/s1. The Morgan fingerprint density at radius 1 is 1.28 bits per heavy atom. The Bertz CT molecular complexity index is 755. The first-order valence-electron chi connectivity index (χ1n) is 8.30. The number of benzene rings is 1. The fourth-order valence-corrected chi connectivity index (χ4v) is 2.48. The fraction of sp³-hybridized carbons (Fsp3) is 0.412. The fourth-order valence-electron chi connectivity index (χ4n) is 2.48. The van der Waals surface area contributed by atoms with Crippen LogP contribution in [0.4, 0.5) is 10.5 Å². The molecule has 2 aromatic rings. The highest BCUT2D eigenvalue weighted by Gasteiger charge is 2.16. The topological polar surface area (TPSA) is 101 Å². The molecule has 1 aromatic heterocycles. The average Bonchev–Trinajstić information content (AvgIpc) is 3.05. The van der Waals surface area contributed by atoms with Crippen LogP contribution in [0.1, 0.15) is 48.6 Å². The van der Waals surface area contributed by atoms with Gasteiger partial charge in [0, 0.05) is 24.3 Å². The number of nitrogens with zero attached hydrogens (tertiary/aromatic N) is 3. The monoisotopic (exact) mass is 344 g/mol. The second kappa shape index (κ2) is 8.27. The van der Waals surface area contributed by atoms with Crippen LogP contribution in [0.3, 0.4) is 0 Å². The summed E-state index contributed by atoms with van der Waals surface area (Å²) in [5.41, 5.74) is 2.02. The number of rotatable bonds is 6. The highest BCUT2D eigenvalue weighted by molar-refractivity contribution is 5.96. The lowest BCUT2D eigenvalue weighted by Gasteiger charge is -2.16. The molecule has 134 valence electrons. The summed E-state index contributed by atoms with van der Waals surface area (Å²) in [5, 5.41) is 12.5. The van der Waals surface area contributed by atoms with Crippen molar-refractivity contribution in [3.05, 3.63) is 41.5 Å². The number of amides is 3. The molecule has 8 heteroatoms. The Kier molecular flexibility index (Phi) is 6.10. The van der Waals surface area contributed by atoms with Gasteiger partial charge in [-0.2, -0.15) is 5.10 Å². The van der Waals surface area contributed by atoms with Gasteiger partial charge in [0.2, 0.25) is 0 Å². The summed E-state index contributed by atoms with van der Waals surface area (Å²) >= 11 is 0. The van der Waals surface area contributed by atoms with E-state index in [1.165, 1.54) is 6.33 Å². The maximum absolute atomic E-state index is 12.2. The van der Waals surface area contributed by atoms with E-state index in [1.807, 2.05) is 27.7 Å². The van der Waals surface area contributed by atoms with Gasteiger partial charge in [-0.3, -0.25) is 4.79 Å². The number of hydrogen-bond donors (Lipinski definition) is 3. The zero-order valence-electron chi connectivity index (χ0n) is 15.0. The molecular weight excluding hydrogens is 320 g/mol. The van der Waals surface area contributed by atoms with Crippen molar-refractivity contribution in [2.24, 2.45) is 0 Å². The van der Waals surface area contributed by atoms with Gasteiger partial charge in [0.15, 0.2) is 0 Å². The Hall–Kier alpha value is -2.90. The predicted octanol–water partition coefficient (Wildman–Crippen LogP) is 2.24. The van der Waals surface area contributed by atoms with Gasteiger partial charge in [0.1, 0.15) is 12.2 Å². The van der Waals surface area contributed by atoms with Gasteiger partial charge in [-0.25, -0.2) is 14.5 Å². The third-order valence-electron chi connectivity index (χ3n) is 3.75. The lowest BCUT2D eigenvalue weighted by Crippen LogP contribution is -2.33. The van der Waals surface area contributed by atoms with Gasteiger partial charge in [-0.1, -0.05) is 0 Å². The number of carbonyl (C=O) groups excluding carboxylic acids is 2. The Morgan fingerprint density at radius 3 is 2.68 bits per heavy atom. The normalized spacial score (nSPS) is 11.7. The van der Waals surface area contributed by atoms with Crippen molar-refractivity contribution in [1.29, 1.82) is 0 Å². The molecule has 2 rings (SSSR count). The average molecular weight is 344 g/mol. The van der Waals surface area contributed by atoms with Crippen LogP contribution < -0.4 is 16.0 Å². The van der Waals surface area contributed by atoms with Crippen LogP contribution in [0, 0.1) is 6.92 Å². The van der Waals surface area contributed by atoms with Gasteiger partial charge in [0.25, 0.3) is 5.91 Å². The number of aromatic nitrogens is 3. The van der Waals surface area contributed by atoms with E-state index in [-0.39, 0.29) is 18.0 Å². The number of carbonyl (C=O) groups is 2. The molecule has 3 N–H and O–H groups in total. The molecule has 0 aliphatic carbocycles. The smallest absolute Gasteiger partial charge is 0.319 e. The van der Waals surface area contributed by atoms with Crippen molar-refractivity contribution in [3.63, 3.8) is 0 Å². The second-order valence-corrected chi connectivity index (χ2v) is 5.64. The van der Waals surface area contributed by atoms with E-state index in [0.29, 0.717) is 30.2 Å². The van der Waals surface area contributed by atoms with Crippen LogP contribution in [0.25, 0.3) is 0 Å². The summed E-state index contributed by atoms with van der Waals surface area (Å²) in [4.78, 5) is 28.3. The molecule has 3 amide bonds. The highest BCUT2D eigenvalue weighted by Crippen LogP contribution is 2.17. The van der Waals surface area contributed by atoms with Crippen LogP contribution in [-0.4, -0.2) is 33.2 Å². The molecule has 0 bridgehead atoms. The minimum Gasteiger partial charge on any atom is -0.352 e. The third kappa shape index (κ3) is 4.56. The van der Waals surface area contributed by atoms with Gasteiger partial charge in [0.05, 0.1) is 6.04 Å². The zero-order valence-corrected chi connectivity index (χ0v) is 15.0. The number of nitrogens with one attached hydrogen (secondary N) is 3. The first kappa shape index (κ1) is 18.4. The van der Waals surface area contributed by atoms with E-state index in [9.17, 15) is 9.59 Å². The number of anilines is 1. The minimum absolute atomic E-state index is 0.130. The molecule has 25 heavy (non-hydrogen) atoms. The molecule has 0 aliphatic heterocycles. The molecule has 0 radical (unpaired) electrons. The molecule has 0 aliphatic rings. The lowest BCUT2D eigenvalue weighted by molar-refractivity contribution is 0.0955. The molecule has 8 nitrogen and oxygen atoms in total. The van der Waals surface area contributed by atoms with Crippen molar-refractivity contribution in [3.8, 4) is 0 Å². The van der Waals surface area contributed by atoms with Crippen molar-refractivity contribution in [2.75, 3.05) is 11.9 Å². The van der Waals surface area contributed by atoms with Crippen molar-refractivity contribution in [2.45, 2.75) is 40.3 Å². The molecule has 0 saturated carbocycles. The molecule has 0 saturated heterocycles. The van der Waals surface area contributed by atoms with Gasteiger partial charge < -0.3 is 16.0 Å². The summed E-state index contributed by atoms with van der Waals surface area (Å²) in [5.74, 6) is 0.565. The maximum atomic E-state index is 12.2. The Balaban J connectivity index is 2.02. The molecule has 1 aromatic carbocycles. The van der Waals surface area contributed by atoms with Crippen LogP contribution >= 0.6 is 0 Å². The first-order valence-corrected chi connectivity index (χ1v) is 8.30. The van der Waals surface area contributed by atoms with Gasteiger partial charge in [-0.15, -0.1) is 0 Å². The summed E-state index contributed by atoms with van der Waals surface area (Å²) < 4.78 is 1.73. The van der Waals surface area contributed by atoms with Crippen molar-refractivity contribution < 1.29 is 9.59 Å². The van der Waals surface area contributed by atoms with Crippen LogP contribution in [0.2, 0.25) is 0 Å². The third-order valence-corrected chi connectivity index (χ3v) is 3.75. The molecule has 0 spiro atoms. The number of urea groups is 1. The van der Waals surface area contributed by atoms with E-state index < -0.39 is 0 Å². The number of aryl methyl sites for hydroxylation is 2. The predicted molar refractivity (Wildman–Crippen MR) is 95.5 cm³/mol. The van der Waals surface area contributed by atoms with E-state index in [1.54, 1.807) is 22.9 Å². The van der Waals surface area contributed by atoms with Gasteiger partial charge in [-0.05, 0) is 51.5 Å². The Morgan fingerprint density at radius 2 is 2.04 bits per heavy atom. The lowest BCUT2D eigenvalue weighted by atomic mass is 10.1. The summed E-state index contributed by atoms with van der Waals surface area (Å²) in [6.45, 7) is 8.77. The zero-order chi connectivity index (χ0) is 18.4. The highest BCUT2D eigenvalue weighted by atomic mass is 16.2. The number of hydrogen-bond acceptors (Lipinski definition) is 4. The summed E-state index contributed by atoms with van der Waals surface area (Å²) in [6, 6.07) is 4.53. The maximum Gasteiger partial charge on any atom is 0.319 e. The first-order chi connectivity index (χ1) is 12.0. The van der Waals surface area contributed by atoms with E-state index in [0.717, 1.165) is 5.56 Å². The SMILES string of the molecule is CCNC(=O)c1ccc(NC(=O)N[C@H](C)c2ncnn2CC)c(C)c1. The van der Waals surface area contributed by atoms with Crippen molar-refractivity contribution in [1.82, 2.24) is 25.4 Å². The van der Waals surface area contributed by atoms with Crippen LogP contribution in [0.15, 0.2) is 24.5 Å². The minimum atomic E-state index is -0.341. The van der Waals surface area contributed by atoms with E-state index >= 15 is 0 Å². The quantitative estimate of drug-likeness (QED) is 0.748. The largest absolute Gasteiger partial charge is 0.352 e. The molecular formula is C17H24N6O2. The molecule has 0 unspecified atom stereocenters. The summed E-state index contributed by atoms with van der Waals surface area (Å²) in [6.07, 6.45) is 1.47. The Labute approximate surface area is 147 Å². The second-order valence-electron chi connectivity index (χ2n) is 5.64. The molecule has 0 fully saturated rings. The van der Waals surface area contributed by atoms with Crippen molar-refractivity contribution >= 4 is 17.6 Å². The van der Waals surface area contributed by atoms with E-state index in [4.69, 9.17) is 0 Å². The van der Waals surface area contributed by atoms with E-state index in [2.05, 4.69) is 26.0 Å². The van der Waals surface area contributed by atoms with Crippen LogP contribution in [0.5, 0.6) is 0 Å². The molecule has 1 atom stereocenters. The summed E-state index contributed by atoms with van der Waals surface area (Å²) in [7, 11) is 0. The van der Waals surface area contributed by atoms with Gasteiger partial charge >= 0.3 is 6.03 Å².